The van der Waals surface area contributed by atoms with Crippen LogP contribution in [0.1, 0.15) is 35.2 Å². The molecule has 1 aromatic heterocycles. The number of aromatic amines is 1. The highest BCUT2D eigenvalue weighted by Crippen LogP contribution is 2.46. The van der Waals surface area contributed by atoms with Crippen molar-refractivity contribution in [2.75, 3.05) is 6.61 Å². The number of benzene rings is 2. The molecule has 4 rings (SSSR count). The fraction of sp³-hybridized carbons (Fsp3) is 0.217. The molecular formula is C23H20ClIN4O3. The number of hydrogen-bond donors (Lipinski definition) is 2. The topological polar surface area (TPSA) is 106 Å². The van der Waals surface area contributed by atoms with E-state index in [1.807, 2.05) is 50.2 Å². The second-order valence-electron chi connectivity index (χ2n) is 7.17. The molecule has 3 aromatic rings. The molecule has 0 fully saturated rings. The summed E-state index contributed by atoms with van der Waals surface area (Å²) >= 11 is 8.30. The Morgan fingerprint density at radius 2 is 2.12 bits per heavy atom. The summed E-state index contributed by atoms with van der Waals surface area (Å²) in [5, 5.41) is 17.6. The highest BCUT2D eigenvalue weighted by atomic mass is 127. The van der Waals surface area contributed by atoms with Crippen molar-refractivity contribution in [1.82, 2.24) is 10.2 Å². The van der Waals surface area contributed by atoms with Crippen LogP contribution in [0.5, 0.6) is 17.4 Å². The van der Waals surface area contributed by atoms with Crippen molar-refractivity contribution in [2.45, 2.75) is 26.4 Å². The Morgan fingerprint density at radius 3 is 2.84 bits per heavy atom. The lowest BCUT2D eigenvalue weighted by Gasteiger charge is -2.25. The largest absolute Gasteiger partial charge is 0.490 e. The number of aromatic nitrogens is 2. The van der Waals surface area contributed by atoms with Crippen LogP contribution in [0.4, 0.5) is 0 Å². The molecule has 3 N–H and O–H groups in total. The molecule has 1 atom stereocenters. The van der Waals surface area contributed by atoms with E-state index in [0.717, 1.165) is 26.0 Å². The van der Waals surface area contributed by atoms with Gasteiger partial charge in [0.05, 0.1) is 16.1 Å². The molecule has 7 nitrogen and oxygen atoms in total. The summed E-state index contributed by atoms with van der Waals surface area (Å²) in [5.74, 6) is 1.20. The molecule has 0 saturated carbocycles. The smallest absolute Gasteiger partial charge is 0.244 e. The number of aryl methyl sites for hydroxylation is 1. The van der Waals surface area contributed by atoms with Gasteiger partial charge < -0.3 is 19.9 Å². The van der Waals surface area contributed by atoms with Gasteiger partial charge in [-0.3, -0.25) is 5.10 Å². The molecule has 2 heterocycles. The van der Waals surface area contributed by atoms with Gasteiger partial charge in [-0.2, -0.15) is 5.26 Å². The second kappa shape index (κ2) is 9.30. The maximum atomic E-state index is 9.81. The van der Waals surface area contributed by atoms with Crippen molar-refractivity contribution in [3.63, 3.8) is 0 Å². The summed E-state index contributed by atoms with van der Waals surface area (Å²) < 4.78 is 18.4. The van der Waals surface area contributed by atoms with Crippen LogP contribution in [0.3, 0.4) is 0 Å². The van der Waals surface area contributed by atoms with E-state index in [9.17, 15) is 5.26 Å². The van der Waals surface area contributed by atoms with Gasteiger partial charge in [0, 0.05) is 16.3 Å². The summed E-state index contributed by atoms with van der Waals surface area (Å²) in [4.78, 5) is 0. The Bertz CT molecular complexity index is 1250. The molecule has 9 heteroatoms. The second-order valence-corrected chi connectivity index (χ2v) is 8.77. The lowest BCUT2D eigenvalue weighted by Crippen LogP contribution is -2.21. The van der Waals surface area contributed by atoms with Gasteiger partial charge in [0.1, 0.15) is 18.2 Å². The monoisotopic (exact) mass is 562 g/mol. The number of halogens is 2. The Kier molecular flexibility index (Phi) is 6.48. The third kappa shape index (κ3) is 4.23. The molecule has 1 aliphatic heterocycles. The predicted octanol–water partition coefficient (Wildman–Crippen LogP) is 5.17. The molecule has 0 aliphatic carbocycles. The minimum absolute atomic E-state index is 0.0470. The first-order valence-electron chi connectivity index (χ1n) is 9.88. The number of nitrogens with two attached hydrogens (primary N) is 1. The van der Waals surface area contributed by atoms with Gasteiger partial charge in [-0.15, -0.1) is 5.10 Å². The van der Waals surface area contributed by atoms with E-state index in [1.165, 1.54) is 0 Å². The SMILES string of the molecule is CCOc1cc([C@@H]2C(C#N)=C(N)Oc3n[nH]c(C)c32)cc(I)c1OCc1cccc(Cl)c1. The molecule has 0 bridgehead atoms. The van der Waals surface area contributed by atoms with Gasteiger partial charge in [-0.25, -0.2) is 0 Å². The minimum Gasteiger partial charge on any atom is -0.490 e. The van der Waals surface area contributed by atoms with Crippen LogP contribution in [0.25, 0.3) is 0 Å². The summed E-state index contributed by atoms with van der Waals surface area (Å²) in [6.07, 6.45) is 0. The normalized spacial score (nSPS) is 15.0. The van der Waals surface area contributed by atoms with E-state index in [2.05, 4.69) is 38.9 Å². The van der Waals surface area contributed by atoms with Crippen LogP contribution in [0, 0.1) is 21.8 Å². The molecule has 0 spiro atoms. The Morgan fingerprint density at radius 1 is 1.31 bits per heavy atom. The van der Waals surface area contributed by atoms with E-state index in [-0.39, 0.29) is 5.88 Å². The van der Waals surface area contributed by atoms with Crippen LogP contribution < -0.4 is 19.9 Å². The molecule has 0 saturated heterocycles. The van der Waals surface area contributed by atoms with Crippen molar-refractivity contribution in [2.24, 2.45) is 5.73 Å². The minimum atomic E-state index is -0.433. The zero-order chi connectivity index (χ0) is 22.8. The van der Waals surface area contributed by atoms with Crippen LogP contribution in [0.15, 0.2) is 47.9 Å². The average molecular weight is 563 g/mol. The zero-order valence-electron chi connectivity index (χ0n) is 17.4. The standard InChI is InChI=1S/C23H20ClIN4O3/c1-3-30-18-9-14(8-17(25)21(18)31-11-13-5-4-6-15(24)7-13)20-16(10-26)22(27)32-23-19(20)12(2)28-29-23/h4-9,20H,3,11,27H2,1-2H3,(H,28,29)/t20-/m1/s1. The summed E-state index contributed by atoms with van der Waals surface area (Å²) in [5.41, 5.74) is 9.74. The van der Waals surface area contributed by atoms with Gasteiger partial charge in [0.25, 0.3) is 0 Å². The van der Waals surface area contributed by atoms with E-state index in [1.54, 1.807) is 0 Å². The van der Waals surface area contributed by atoms with Crippen LogP contribution in [-0.2, 0) is 6.61 Å². The van der Waals surface area contributed by atoms with Gasteiger partial charge in [-0.05, 0) is 71.8 Å². The third-order valence-corrected chi connectivity index (χ3v) is 6.10. The Balaban J connectivity index is 1.76. The van der Waals surface area contributed by atoms with Crippen LogP contribution >= 0.6 is 34.2 Å². The molecular weight excluding hydrogens is 543 g/mol. The molecule has 1 aliphatic rings. The Labute approximate surface area is 204 Å². The lowest BCUT2D eigenvalue weighted by atomic mass is 9.84. The molecule has 0 radical (unpaired) electrons. The lowest BCUT2D eigenvalue weighted by molar-refractivity contribution is 0.267. The van der Waals surface area contributed by atoms with Crippen molar-refractivity contribution in [3.05, 3.63) is 78.8 Å². The number of nitriles is 1. The fourth-order valence-electron chi connectivity index (χ4n) is 3.67. The van der Waals surface area contributed by atoms with Crippen molar-refractivity contribution in [3.8, 4) is 23.4 Å². The van der Waals surface area contributed by atoms with Crippen molar-refractivity contribution in [1.29, 1.82) is 5.26 Å². The summed E-state index contributed by atoms with van der Waals surface area (Å²) in [7, 11) is 0. The molecule has 0 amide bonds. The number of nitrogens with zero attached hydrogens (tertiary/aromatic N) is 2. The van der Waals surface area contributed by atoms with E-state index < -0.39 is 5.92 Å². The fourth-order valence-corrected chi connectivity index (χ4v) is 4.67. The number of allylic oxidation sites excluding steroid dienone is 1. The molecule has 164 valence electrons. The first-order chi connectivity index (χ1) is 15.4. The van der Waals surface area contributed by atoms with Crippen molar-refractivity contribution >= 4 is 34.2 Å². The van der Waals surface area contributed by atoms with Gasteiger partial charge >= 0.3 is 0 Å². The number of rotatable bonds is 6. The first kappa shape index (κ1) is 22.3. The van der Waals surface area contributed by atoms with E-state index >= 15 is 0 Å². The quantitative estimate of drug-likeness (QED) is 0.402. The van der Waals surface area contributed by atoms with Crippen molar-refractivity contribution < 1.29 is 14.2 Å². The highest BCUT2D eigenvalue weighted by Gasteiger charge is 2.35. The van der Waals surface area contributed by atoms with Gasteiger partial charge in [0.2, 0.25) is 11.8 Å². The van der Waals surface area contributed by atoms with Crippen LogP contribution in [0.2, 0.25) is 5.02 Å². The van der Waals surface area contributed by atoms with Gasteiger partial charge in [0.15, 0.2) is 11.5 Å². The number of hydrogen-bond acceptors (Lipinski definition) is 6. The molecule has 0 unspecified atom stereocenters. The van der Waals surface area contributed by atoms with E-state index in [4.69, 9.17) is 31.5 Å². The summed E-state index contributed by atoms with van der Waals surface area (Å²) in [6.45, 7) is 4.59. The summed E-state index contributed by atoms with van der Waals surface area (Å²) in [6, 6.07) is 13.6. The molecule has 32 heavy (non-hydrogen) atoms. The first-order valence-corrected chi connectivity index (χ1v) is 11.3. The number of nitrogens with one attached hydrogen (secondary N) is 1. The third-order valence-electron chi connectivity index (χ3n) is 5.07. The molecule has 2 aromatic carbocycles. The maximum Gasteiger partial charge on any atom is 0.244 e. The number of H-pyrrole nitrogens is 1. The number of fused-ring (bicyclic) bond motifs is 1. The average Bonchev–Trinajstić information content (AvgIpc) is 3.12. The maximum absolute atomic E-state index is 9.81. The van der Waals surface area contributed by atoms with Gasteiger partial charge in [-0.1, -0.05) is 23.7 Å². The Hall–Kier alpha value is -2.90. The highest BCUT2D eigenvalue weighted by molar-refractivity contribution is 14.1. The number of ether oxygens (including phenoxy) is 3. The van der Waals surface area contributed by atoms with E-state index in [0.29, 0.717) is 41.2 Å². The van der Waals surface area contributed by atoms with Crippen LogP contribution in [-0.4, -0.2) is 16.8 Å². The zero-order valence-corrected chi connectivity index (χ0v) is 20.3. The predicted molar refractivity (Wildman–Crippen MR) is 129 cm³/mol.